The second kappa shape index (κ2) is 7.85. The highest BCUT2D eigenvalue weighted by molar-refractivity contribution is 5.73. The van der Waals surface area contributed by atoms with Gasteiger partial charge in [-0.3, -0.25) is 4.79 Å². The van der Waals surface area contributed by atoms with Crippen molar-refractivity contribution in [2.45, 2.75) is 77.2 Å². The third-order valence-electron chi connectivity index (χ3n) is 5.23. The van der Waals surface area contributed by atoms with Gasteiger partial charge in [0.15, 0.2) is 0 Å². The third kappa shape index (κ3) is 4.10. The van der Waals surface area contributed by atoms with Crippen molar-refractivity contribution in [3.63, 3.8) is 0 Å². The number of carbonyl (C=O) groups excluding carboxylic acids is 1. The Morgan fingerprint density at radius 2 is 1.90 bits per heavy atom. The molecule has 2 rings (SSSR count). The van der Waals surface area contributed by atoms with Gasteiger partial charge in [0.2, 0.25) is 0 Å². The fourth-order valence-corrected chi connectivity index (χ4v) is 3.96. The summed E-state index contributed by atoms with van der Waals surface area (Å²) in [6, 6.07) is 0. The number of cyclic esters (lactones) is 1. The molecule has 2 unspecified atom stereocenters. The van der Waals surface area contributed by atoms with E-state index in [1.165, 1.54) is 38.5 Å². The van der Waals surface area contributed by atoms with Crippen LogP contribution in [0.15, 0.2) is 12.7 Å². The molecular formula is C18H30O2. The number of ether oxygens (including phenoxy) is 1. The molecule has 20 heavy (non-hydrogen) atoms. The minimum Gasteiger partial charge on any atom is -0.462 e. The molecule has 0 bridgehead atoms. The molecule has 1 aliphatic heterocycles. The molecule has 114 valence electrons. The van der Waals surface area contributed by atoms with Crippen molar-refractivity contribution in [3.05, 3.63) is 12.7 Å². The zero-order valence-corrected chi connectivity index (χ0v) is 13.0. The quantitative estimate of drug-likeness (QED) is 0.511. The highest BCUT2D eigenvalue weighted by Crippen LogP contribution is 2.38. The van der Waals surface area contributed by atoms with Crippen molar-refractivity contribution < 1.29 is 9.53 Å². The van der Waals surface area contributed by atoms with Crippen LogP contribution < -0.4 is 0 Å². The summed E-state index contributed by atoms with van der Waals surface area (Å²) in [7, 11) is 0. The molecule has 1 heterocycles. The SMILES string of the molecule is C=CCCC1CCC(C2CCC(CCC)CC2)OC1=O. The van der Waals surface area contributed by atoms with E-state index in [4.69, 9.17) is 4.74 Å². The maximum absolute atomic E-state index is 12.1. The van der Waals surface area contributed by atoms with E-state index < -0.39 is 0 Å². The van der Waals surface area contributed by atoms with Gasteiger partial charge in [-0.2, -0.15) is 0 Å². The lowest BCUT2D eigenvalue weighted by atomic mass is 9.76. The van der Waals surface area contributed by atoms with Crippen LogP contribution >= 0.6 is 0 Å². The van der Waals surface area contributed by atoms with E-state index in [2.05, 4.69) is 13.5 Å². The molecule has 2 aliphatic rings. The molecule has 2 fully saturated rings. The summed E-state index contributed by atoms with van der Waals surface area (Å²) >= 11 is 0. The van der Waals surface area contributed by atoms with Crippen LogP contribution in [0.4, 0.5) is 0 Å². The van der Waals surface area contributed by atoms with Crippen LogP contribution in [-0.2, 0) is 9.53 Å². The number of allylic oxidation sites excluding steroid dienone is 1. The predicted octanol–water partition coefficient (Wildman–Crippen LogP) is 4.88. The summed E-state index contributed by atoms with van der Waals surface area (Å²) in [5.74, 6) is 1.74. The summed E-state index contributed by atoms with van der Waals surface area (Å²) in [5, 5.41) is 0. The summed E-state index contributed by atoms with van der Waals surface area (Å²) in [6.07, 6.45) is 13.9. The minimum atomic E-state index is 0.0544. The van der Waals surface area contributed by atoms with Gasteiger partial charge in [-0.25, -0.2) is 0 Å². The highest BCUT2D eigenvalue weighted by atomic mass is 16.5. The smallest absolute Gasteiger partial charge is 0.309 e. The number of esters is 1. The fourth-order valence-electron chi connectivity index (χ4n) is 3.96. The first kappa shape index (κ1) is 15.6. The van der Waals surface area contributed by atoms with E-state index in [1.807, 2.05) is 6.08 Å². The van der Waals surface area contributed by atoms with Crippen molar-refractivity contribution >= 4 is 5.97 Å². The van der Waals surface area contributed by atoms with Crippen LogP contribution in [0.2, 0.25) is 0 Å². The van der Waals surface area contributed by atoms with E-state index in [1.54, 1.807) is 0 Å². The molecule has 0 radical (unpaired) electrons. The molecule has 0 N–H and O–H groups in total. The zero-order valence-electron chi connectivity index (χ0n) is 13.0. The summed E-state index contributed by atoms with van der Waals surface area (Å²) < 4.78 is 5.76. The van der Waals surface area contributed by atoms with Crippen LogP contribution in [0.25, 0.3) is 0 Å². The van der Waals surface area contributed by atoms with E-state index in [0.29, 0.717) is 5.92 Å². The van der Waals surface area contributed by atoms with Gasteiger partial charge >= 0.3 is 5.97 Å². The number of rotatable bonds is 6. The monoisotopic (exact) mass is 278 g/mol. The highest BCUT2D eigenvalue weighted by Gasteiger charge is 2.35. The summed E-state index contributed by atoms with van der Waals surface area (Å²) in [4.78, 5) is 12.1. The lowest BCUT2D eigenvalue weighted by Crippen LogP contribution is -2.37. The van der Waals surface area contributed by atoms with Crippen molar-refractivity contribution in [1.82, 2.24) is 0 Å². The molecule has 1 aliphatic carbocycles. The van der Waals surface area contributed by atoms with Gasteiger partial charge in [0, 0.05) is 0 Å². The Bertz CT molecular complexity index is 315. The maximum atomic E-state index is 12.1. The molecule has 0 aromatic heterocycles. The van der Waals surface area contributed by atoms with Gasteiger partial charge in [0.1, 0.15) is 6.10 Å². The first-order valence-corrected chi connectivity index (χ1v) is 8.56. The summed E-state index contributed by atoms with van der Waals surface area (Å²) in [6.45, 7) is 6.00. The molecule has 2 nitrogen and oxygen atoms in total. The standard InChI is InChI=1S/C18H30O2/c1-3-5-7-16-12-13-17(20-18(16)19)15-10-8-14(6-4-2)9-11-15/h3,14-17H,1,4-13H2,2H3. The minimum absolute atomic E-state index is 0.0544. The first-order chi connectivity index (χ1) is 9.74. The Hall–Kier alpha value is -0.790. The van der Waals surface area contributed by atoms with Gasteiger partial charge in [0.25, 0.3) is 0 Å². The molecule has 2 heteroatoms. The van der Waals surface area contributed by atoms with Crippen LogP contribution in [0, 0.1) is 17.8 Å². The van der Waals surface area contributed by atoms with Crippen molar-refractivity contribution in [2.24, 2.45) is 17.8 Å². The second-order valence-electron chi connectivity index (χ2n) is 6.69. The lowest BCUT2D eigenvalue weighted by Gasteiger charge is -2.37. The Kier molecular flexibility index (Phi) is 6.12. The van der Waals surface area contributed by atoms with Crippen LogP contribution in [0.3, 0.4) is 0 Å². The average molecular weight is 278 g/mol. The predicted molar refractivity (Wildman–Crippen MR) is 82.4 cm³/mol. The number of hydrogen-bond acceptors (Lipinski definition) is 2. The fraction of sp³-hybridized carbons (Fsp3) is 0.833. The maximum Gasteiger partial charge on any atom is 0.309 e. The first-order valence-electron chi connectivity index (χ1n) is 8.56. The lowest BCUT2D eigenvalue weighted by molar-refractivity contribution is -0.165. The van der Waals surface area contributed by atoms with E-state index in [9.17, 15) is 4.79 Å². The third-order valence-corrected chi connectivity index (χ3v) is 5.23. The Labute approximate surface area is 124 Å². The van der Waals surface area contributed by atoms with Crippen molar-refractivity contribution in [2.75, 3.05) is 0 Å². The van der Waals surface area contributed by atoms with Gasteiger partial charge in [-0.15, -0.1) is 6.58 Å². The molecular weight excluding hydrogens is 248 g/mol. The van der Waals surface area contributed by atoms with Gasteiger partial charge < -0.3 is 4.74 Å². The van der Waals surface area contributed by atoms with E-state index >= 15 is 0 Å². The van der Waals surface area contributed by atoms with Crippen LogP contribution in [0.5, 0.6) is 0 Å². The molecule has 0 amide bonds. The Morgan fingerprint density at radius 1 is 1.15 bits per heavy atom. The normalized spacial score (nSPS) is 34.5. The van der Waals surface area contributed by atoms with Gasteiger partial charge in [0.05, 0.1) is 5.92 Å². The molecule has 0 spiro atoms. The van der Waals surface area contributed by atoms with Crippen LogP contribution in [0.1, 0.15) is 71.1 Å². The molecule has 1 saturated heterocycles. The Balaban J connectivity index is 1.76. The van der Waals surface area contributed by atoms with Crippen molar-refractivity contribution in [3.8, 4) is 0 Å². The largest absolute Gasteiger partial charge is 0.462 e. The zero-order chi connectivity index (χ0) is 14.4. The second-order valence-corrected chi connectivity index (χ2v) is 6.69. The van der Waals surface area contributed by atoms with E-state index in [0.717, 1.165) is 31.6 Å². The topological polar surface area (TPSA) is 26.3 Å². The molecule has 0 aromatic carbocycles. The van der Waals surface area contributed by atoms with Crippen molar-refractivity contribution in [1.29, 1.82) is 0 Å². The Morgan fingerprint density at radius 3 is 2.50 bits per heavy atom. The number of hydrogen-bond donors (Lipinski definition) is 0. The number of carbonyl (C=O) groups is 1. The molecule has 0 aromatic rings. The summed E-state index contributed by atoms with van der Waals surface area (Å²) in [5.41, 5.74) is 0. The average Bonchev–Trinajstić information content (AvgIpc) is 2.47. The molecule has 1 saturated carbocycles. The van der Waals surface area contributed by atoms with Crippen LogP contribution in [-0.4, -0.2) is 12.1 Å². The van der Waals surface area contributed by atoms with E-state index in [-0.39, 0.29) is 18.0 Å². The van der Waals surface area contributed by atoms with Gasteiger partial charge in [-0.1, -0.05) is 38.7 Å². The molecule has 2 atom stereocenters. The van der Waals surface area contributed by atoms with Gasteiger partial charge in [-0.05, 0) is 50.4 Å².